The highest BCUT2D eigenvalue weighted by atomic mass is 19.1. The lowest BCUT2D eigenvalue weighted by Gasteiger charge is -2.35. The van der Waals surface area contributed by atoms with Crippen LogP contribution in [0, 0.1) is 23.1 Å². The van der Waals surface area contributed by atoms with E-state index in [0.717, 1.165) is 32.1 Å². The average Bonchev–Trinajstić information content (AvgIpc) is 3.02. The Kier molecular flexibility index (Phi) is 6.63. The van der Waals surface area contributed by atoms with Gasteiger partial charge >= 0.3 is 5.97 Å². The summed E-state index contributed by atoms with van der Waals surface area (Å²) in [5.74, 6) is -2.69. The monoisotopic (exact) mass is 417 g/mol. The Hall–Kier alpha value is -2.24. The average molecular weight is 418 g/mol. The minimum Gasteiger partial charge on any atom is -0.464 e. The molecule has 164 valence electrons. The third-order valence-electron chi connectivity index (χ3n) is 6.34. The standard InChI is InChI=1S/C24H32FNO4/c1-5-30-23(29)20-18(24(2,3)4)21(27)19(16-13-9-10-14-17(16)25)26(20)22(28)15-11-7-6-8-12-15/h9-10,13-15,18-20H,5-8,11-12H2,1-4H3/t18-,19+,20+/m1/s1. The first-order valence-corrected chi connectivity index (χ1v) is 11.0. The van der Waals surface area contributed by atoms with Gasteiger partial charge in [-0.3, -0.25) is 9.59 Å². The number of ketones is 1. The Bertz CT molecular complexity index is 810. The first-order chi connectivity index (χ1) is 14.2. The van der Waals surface area contributed by atoms with Crippen LogP contribution in [-0.4, -0.2) is 35.2 Å². The number of halogens is 1. The molecule has 0 radical (unpaired) electrons. The van der Waals surface area contributed by atoms with Gasteiger partial charge in [-0.1, -0.05) is 58.2 Å². The molecule has 2 fully saturated rings. The van der Waals surface area contributed by atoms with E-state index in [1.807, 2.05) is 20.8 Å². The van der Waals surface area contributed by atoms with E-state index in [1.54, 1.807) is 19.1 Å². The predicted molar refractivity (Wildman–Crippen MR) is 111 cm³/mol. The maximum Gasteiger partial charge on any atom is 0.329 e. The quantitative estimate of drug-likeness (QED) is 0.679. The Morgan fingerprint density at radius 3 is 2.33 bits per heavy atom. The zero-order valence-corrected chi connectivity index (χ0v) is 18.3. The van der Waals surface area contributed by atoms with E-state index < -0.39 is 35.2 Å². The molecule has 0 spiro atoms. The highest BCUT2D eigenvalue weighted by Gasteiger charge is 2.59. The molecule has 0 unspecified atom stereocenters. The van der Waals surface area contributed by atoms with E-state index in [-0.39, 0.29) is 29.8 Å². The van der Waals surface area contributed by atoms with Crippen LogP contribution >= 0.6 is 0 Å². The molecule has 3 atom stereocenters. The van der Waals surface area contributed by atoms with Gasteiger partial charge in [-0.15, -0.1) is 0 Å². The van der Waals surface area contributed by atoms with Crippen molar-refractivity contribution in [1.29, 1.82) is 0 Å². The number of likely N-dealkylation sites (tertiary alicyclic amines) is 1. The molecule has 1 amide bonds. The maximum absolute atomic E-state index is 14.8. The van der Waals surface area contributed by atoms with Crippen molar-refractivity contribution in [2.24, 2.45) is 17.3 Å². The van der Waals surface area contributed by atoms with Gasteiger partial charge in [-0.2, -0.15) is 0 Å². The molecule has 0 aromatic heterocycles. The van der Waals surface area contributed by atoms with Crippen molar-refractivity contribution in [3.8, 4) is 0 Å². The van der Waals surface area contributed by atoms with Gasteiger partial charge in [0.05, 0.1) is 12.5 Å². The molecule has 1 aliphatic carbocycles. The summed E-state index contributed by atoms with van der Waals surface area (Å²) in [6, 6.07) is 3.87. The summed E-state index contributed by atoms with van der Waals surface area (Å²) in [4.78, 5) is 41.7. The van der Waals surface area contributed by atoms with Crippen LogP contribution in [0.25, 0.3) is 0 Å². The van der Waals surface area contributed by atoms with Crippen molar-refractivity contribution in [3.63, 3.8) is 0 Å². The van der Waals surface area contributed by atoms with E-state index in [1.165, 1.54) is 17.0 Å². The number of carbonyl (C=O) groups is 3. The Morgan fingerprint density at radius 2 is 1.77 bits per heavy atom. The van der Waals surface area contributed by atoms with E-state index >= 15 is 0 Å². The highest BCUT2D eigenvalue weighted by Crippen LogP contribution is 2.47. The second kappa shape index (κ2) is 8.86. The molecule has 0 N–H and O–H groups in total. The molecule has 5 nitrogen and oxygen atoms in total. The number of nitrogens with zero attached hydrogens (tertiary/aromatic N) is 1. The summed E-state index contributed by atoms with van der Waals surface area (Å²) in [5, 5.41) is 0. The Labute approximate surface area is 178 Å². The number of ether oxygens (including phenoxy) is 1. The van der Waals surface area contributed by atoms with Crippen LogP contribution < -0.4 is 0 Å². The van der Waals surface area contributed by atoms with E-state index in [4.69, 9.17) is 4.74 Å². The van der Waals surface area contributed by atoms with Gasteiger partial charge in [0.25, 0.3) is 0 Å². The SMILES string of the molecule is CCOC(=O)[C@@H]1[C@@H](C(C)(C)C)C(=O)[C@H](c2ccccc2F)N1C(=O)C1CCCCC1. The fraction of sp³-hybridized carbons (Fsp3) is 0.625. The molecule has 1 saturated heterocycles. The maximum atomic E-state index is 14.8. The van der Waals surface area contributed by atoms with Crippen LogP contribution in [0.4, 0.5) is 4.39 Å². The van der Waals surface area contributed by atoms with Crippen molar-refractivity contribution in [2.75, 3.05) is 6.61 Å². The minimum atomic E-state index is -1.11. The van der Waals surface area contributed by atoms with E-state index in [9.17, 15) is 18.8 Å². The second-order valence-corrected chi connectivity index (χ2v) is 9.45. The van der Waals surface area contributed by atoms with Gasteiger partial charge in [0.2, 0.25) is 5.91 Å². The molecule has 1 aromatic rings. The van der Waals surface area contributed by atoms with Crippen LogP contribution in [0.5, 0.6) is 0 Å². The van der Waals surface area contributed by atoms with Crippen molar-refractivity contribution >= 4 is 17.7 Å². The van der Waals surface area contributed by atoms with E-state index in [2.05, 4.69) is 0 Å². The molecular formula is C24H32FNO4. The molecule has 0 bridgehead atoms. The van der Waals surface area contributed by atoms with Crippen molar-refractivity contribution < 1.29 is 23.5 Å². The fourth-order valence-corrected chi connectivity index (χ4v) is 4.99. The number of carbonyl (C=O) groups excluding carboxylic acids is 3. The molecule has 1 saturated carbocycles. The summed E-state index contributed by atoms with van der Waals surface area (Å²) >= 11 is 0. The van der Waals surface area contributed by atoms with Crippen molar-refractivity contribution in [2.45, 2.75) is 71.9 Å². The summed E-state index contributed by atoms with van der Waals surface area (Å²) < 4.78 is 20.1. The number of hydrogen-bond acceptors (Lipinski definition) is 4. The molecule has 3 rings (SSSR count). The van der Waals surface area contributed by atoms with Crippen LogP contribution in [0.2, 0.25) is 0 Å². The van der Waals surface area contributed by atoms with Gasteiger partial charge in [0.15, 0.2) is 5.78 Å². The number of benzene rings is 1. The first-order valence-electron chi connectivity index (χ1n) is 11.0. The Morgan fingerprint density at radius 1 is 1.13 bits per heavy atom. The predicted octanol–water partition coefficient (Wildman–Crippen LogP) is 4.45. The lowest BCUT2D eigenvalue weighted by atomic mass is 9.74. The van der Waals surface area contributed by atoms with Gasteiger partial charge in [-0.25, -0.2) is 9.18 Å². The molecule has 1 aliphatic heterocycles. The van der Waals surface area contributed by atoms with Crippen molar-refractivity contribution in [1.82, 2.24) is 4.90 Å². The number of rotatable bonds is 4. The zero-order valence-electron chi connectivity index (χ0n) is 18.3. The molecule has 1 aromatic carbocycles. The summed E-state index contributed by atoms with van der Waals surface area (Å²) in [6.07, 6.45) is 4.41. The number of amides is 1. The van der Waals surface area contributed by atoms with Gasteiger partial charge in [0, 0.05) is 11.5 Å². The summed E-state index contributed by atoms with van der Waals surface area (Å²) in [5.41, 5.74) is -0.452. The van der Waals surface area contributed by atoms with E-state index in [0.29, 0.717) is 0 Å². The smallest absolute Gasteiger partial charge is 0.329 e. The minimum absolute atomic E-state index is 0.146. The third-order valence-corrected chi connectivity index (χ3v) is 6.34. The fourth-order valence-electron chi connectivity index (χ4n) is 4.99. The first kappa shape index (κ1) is 22.4. The van der Waals surface area contributed by atoms with Gasteiger partial charge in [-0.05, 0) is 31.2 Å². The van der Waals surface area contributed by atoms with Gasteiger partial charge in [0.1, 0.15) is 17.9 Å². The second-order valence-electron chi connectivity index (χ2n) is 9.45. The van der Waals surface area contributed by atoms with Crippen LogP contribution in [0.3, 0.4) is 0 Å². The third kappa shape index (κ3) is 4.14. The van der Waals surface area contributed by atoms with Crippen LogP contribution in [0.1, 0.15) is 71.4 Å². The van der Waals surface area contributed by atoms with Crippen molar-refractivity contribution in [3.05, 3.63) is 35.6 Å². The highest BCUT2D eigenvalue weighted by molar-refractivity contribution is 6.02. The summed E-state index contributed by atoms with van der Waals surface area (Å²) in [6.45, 7) is 7.46. The Balaban J connectivity index is 2.14. The van der Waals surface area contributed by atoms with Gasteiger partial charge < -0.3 is 9.64 Å². The normalized spacial score (nSPS) is 25.4. The number of hydrogen-bond donors (Lipinski definition) is 0. The van der Waals surface area contributed by atoms with Crippen LogP contribution in [-0.2, 0) is 19.1 Å². The number of Topliss-reactive ketones (excluding diaryl/α,β-unsaturated/α-hetero) is 1. The molecular weight excluding hydrogens is 385 g/mol. The zero-order chi connectivity index (χ0) is 22.1. The molecule has 6 heteroatoms. The molecule has 2 aliphatic rings. The van der Waals surface area contributed by atoms with Crippen LogP contribution in [0.15, 0.2) is 24.3 Å². The topological polar surface area (TPSA) is 63.7 Å². The lowest BCUT2D eigenvalue weighted by molar-refractivity contribution is -0.158. The number of esters is 1. The lowest BCUT2D eigenvalue weighted by Crippen LogP contribution is -2.49. The molecule has 1 heterocycles. The summed E-state index contributed by atoms with van der Waals surface area (Å²) in [7, 11) is 0. The molecule has 30 heavy (non-hydrogen) atoms. The largest absolute Gasteiger partial charge is 0.464 e.